The van der Waals surface area contributed by atoms with Crippen LogP contribution >= 0.6 is 31.9 Å². The molecule has 2 heteroatoms. The SMILES string of the molecule is CCCCCCCCCCCCCCCCCCCCC(C)(Br)Br. The molecule has 0 aliphatic carbocycles. The molecule has 0 aliphatic rings. The molecule has 0 saturated carbocycles. The first-order valence-corrected chi connectivity index (χ1v) is 12.5. The van der Waals surface area contributed by atoms with Crippen molar-refractivity contribution >= 4 is 31.9 Å². The van der Waals surface area contributed by atoms with E-state index in [2.05, 4.69) is 45.7 Å². The van der Waals surface area contributed by atoms with Gasteiger partial charge >= 0.3 is 0 Å². The third kappa shape index (κ3) is 23.0. The lowest BCUT2D eigenvalue weighted by Crippen LogP contribution is -2.02. The summed E-state index contributed by atoms with van der Waals surface area (Å²) in [6, 6.07) is 0. The Labute approximate surface area is 170 Å². The van der Waals surface area contributed by atoms with E-state index in [-0.39, 0.29) is 3.23 Å². The fourth-order valence-corrected chi connectivity index (χ4v) is 3.90. The molecule has 0 N–H and O–H groups in total. The summed E-state index contributed by atoms with van der Waals surface area (Å²) in [4.78, 5) is 0. The zero-order chi connectivity index (χ0) is 17.9. The molecule has 0 bridgehead atoms. The predicted octanol–water partition coefficient (Wildman–Crippen LogP) is 9.92. The molecule has 0 saturated heterocycles. The Hall–Kier alpha value is 0.960. The van der Waals surface area contributed by atoms with Gasteiger partial charge in [-0.25, -0.2) is 0 Å². The van der Waals surface area contributed by atoms with Gasteiger partial charge in [-0.05, 0) is 13.3 Å². The van der Waals surface area contributed by atoms with Crippen LogP contribution in [0.15, 0.2) is 0 Å². The molecule has 0 rings (SSSR count). The fourth-order valence-electron chi connectivity index (χ4n) is 3.34. The molecule has 0 unspecified atom stereocenters. The molecular weight excluding hydrogens is 424 g/mol. The van der Waals surface area contributed by atoms with Crippen molar-refractivity contribution in [2.24, 2.45) is 0 Å². The minimum Gasteiger partial charge on any atom is -0.0730 e. The molecule has 0 aromatic heterocycles. The molecule has 0 aromatic rings. The highest BCUT2D eigenvalue weighted by atomic mass is 79.9. The topological polar surface area (TPSA) is 0 Å². The summed E-state index contributed by atoms with van der Waals surface area (Å²) in [6.07, 6.45) is 27.3. The van der Waals surface area contributed by atoms with Crippen LogP contribution in [0, 0.1) is 0 Å². The average Bonchev–Trinajstić information content (AvgIpc) is 2.52. The minimum atomic E-state index is 0.162. The number of unbranched alkanes of at least 4 members (excludes halogenated alkanes) is 17. The molecule has 0 fully saturated rings. The van der Waals surface area contributed by atoms with Crippen molar-refractivity contribution in [3.63, 3.8) is 0 Å². The normalized spacial score (nSPS) is 12.0. The summed E-state index contributed by atoms with van der Waals surface area (Å²) in [6.45, 7) is 4.49. The quantitative estimate of drug-likeness (QED) is 0.131. The molecule has 0 amide bonds. The molecular formula is C22H44Br2. The van der Waals surface area contributed by atoms with Crippen molar-refractivity contribution in [2.75, 3.05) is 0 Å². The van der Waals surface area contributed by atoms with E-state index in [0.29, 0.717) is 0 Å². The van der Waals surface area contributed by atoms with Crippen molar-refractivity contribution in [1.29, 1.82) is 0 Å². The molecule has 0 nitrogen and oxygen atoms in total. The second-order valence-corrected chi connectivity index (χ2v) is 12.4. The standard InChI is InChI=1S/C22H44Br2/c1-3-4-5-6-7-8-9-10-11-12-13-14-15-16-17-18-19-20-21-22(2,23)24/h3-21H2,1-2H3. The van der Waals surface area contributed by atoms with Gasteiger partial charge in [-0.1, -0.05) is 154 Å². The third-order valence-electron chi connectivity index (χ3n) is 4.97. The first-order chi connectivity index (χ1) is 11.6. The molecule has 0 aliphatic heterocycles. The van der Waals surface area contributed by atoms with Gasteiger partial charge in [-0.2, -0.15) is 0 Å². The Bertz CT molecular complexity index is 233. The van der Waals surface area contributed by atoms with Crippen LogP contribution in [0.4, 0.5) is 0 Å². The van der Waals surface area contributed by atoms with Crippen LogP contribution in [-0.2, 0) is 0 Å². The highest BCUT2D eigenvalue weighted by molar-refractivity contribution is 9.25. The van der Waals surface area contributed by atoms with Gasteiger partial charge in [0.25, 0.3) is 0 Å². The van der Waals surface area contributed by atoms with Gasteiger partial charge < -0.3 is 0 Å². The van der Waals surface area contributed by atoms with Crippen molar-refractivity contribution in [2.45, 2.75) is 139 Å². The first kappa shape index (κ1) is 25.0. The molecule has 0 radical (unpaired) electrons. The van der Waals surface area contributed by atoms with Crippen LogP contribution in [0.3, 0.4) is 0 Å². The number of hydrogen-bond acceptors (Lipinski definition) is 0. The van der Waals surface area contributed by atoms with Gasteiger partial charge in [0.15, 0.2) is 0 Å². The maximum atomic E-state index is 3.65. The van der Waals surface area contributed by atoms with Crippen LogP contribution in [0.1, 0.15) is 136 Å². The number of rotatable bonds is 19. The van der Waals surface area contributed by atoms with E-state index in [0.717, 1.165) is 0 Å². The van der Waals surface area contributed by atoms with E-state index in [1.807, 2.05) is 0 Å². The summed E-state index contributed by atoms with van der Waals surface area (Å²) < 4.78 is 0.162. The van der Waals surface area contributed by atoms with Gasteiger partial charge in [0.05, 0.1) is 3.23 Å². The lowest BCUT2D eigenvalue weighted by atomic mass is 10.0. The molecule has 146 valence electrons. The maximum Gasteiger partial charge on any atom is 0.0777 e. The molecule has 24 heavy (non-hydrogen) atoms. The van der Waals surface area contributed by atoms with Crippen LogP contribution in [0.2, 0.25) is 0 Å². The smallest absolute Gasteiger partial charge is 0.0730 e. The summed E-state index contributed by atoms with van der Waals surface area (Å²) in [5.74, 6) is 0. The minimum absolute atomic E-state index is 0.162. The van der Waals surface area contributed by atoms with Gasteiger partial charge in [0.2, 0.25) is 0 Å². The highest BCUT2D eigenvalue weighted by Crippen LogP contribution is 2.31. The zero-order valence-corrected chi connectivity index (χ0v) is 19.9. The van der Waals surface area contributed by atoms with Gasteiger partial charge in [0, 0.05) is 0 Å². The number of halogens is 2. The van der Waals surface area contributed by atoms with E-state index in [1.54, 1.807) is 0 Å². The van der Waals surface area contributed by atoms with Gasteiger partial charge in [0.1, 0.15) is 0 Å². The summed E-state index contributed by atoms with van der Waals surface area (Å²) >= 11 is 7.29. The average molecular weight is 468 g/mol. The molecule has 0 atom stereocenters. The van der Waals surface area contributed by atoms with Crippen LogP contribution in [0.25, 0.3) is 0 Å². The lowest BCUT2D eigenvalue weighted by molar-refractivity contribution is 0.523. The Morgan fingerprint density at radius 1 is 0.458 bits per heavy atom. The number of hydrogen-bond donors (Lipinski definition) is 0. The van der Waals surface area contributed by atoms with Crippen molar-refractivity contribution in [1.82, 2.24) is 0 Å². The van der Waals surface area contributed by atoms with E-state index in [1.165, 1.54) is 122 Å². The highest BCUT2D eigenvalue weighted by Gasteiger charge is 2.13. The third-order valence-corrected chi connectivity index (χ3v) is 5.76. The van der Waals surface area contributed by atoms with Gasteiger partial charge in [-0.3, -0.25) is 0 Å². The van der Waals surface area contributed by atoms with Crippen molar-refractivity contribution in [3.8, 4) is 0 Å². The lowest BCUT2D eigenvalue weighted by Gasteiger charge is -2.12. The summed E-state index contributed by atoms with van der Waals surface area (Å²) in [5.41, 5.74) is 0. The van der Waals surface area contributed by atoms with E-state index in [9.17, 15) is 0 Å². The number of alkyl halides is 2. The first-order valence-electron chi connectivity index (χ1n) is 10.9. The Morgan fingerprint density at radius 2 is 0.708 bits per heavy atom. The maximum absolute atomic E-state index is 3.65. The van der Waals surface area contributed by atoms with Gasteiger partial charge in [-0.15, -0.1) is 0 Å². The van der Waals surface area contributed by atoms with Crippen molar-refractivity contribution in [3.05, 3.63) is 0 Å². The Kier molecular flexibility index (Phi) is 19.5. The fraction of sp³-hybridized carbons (Fsp3) is 1.00. The second kappa shape index (κ2) is 18.7. The molecule has 0 aromatic carbocycles. The molecule has 0 heterocycles. The monoisotopic (exact) mass is 466 g/mol. The van der Waals surface area contributed by atoms with E-state index in [4.69, 9.17) is 0 Å². The zero-order valence-electron chi connectivity index (χ0n) is 16.7. The predicted molar refractivity (Wildman–Crippen MR) is 120 cm³/mol. The summed E-state index contributed by atoms with van der Waals surface area (Å²) in [5, 5.41) is 0. The summed E-state index contributed by atoms with van der Waals surface area (Å²) in [7, 11) is 0. The largest absolute Gasteiger partial charge is 0.0777 e. The molecule has 0 spiro atoms. The van der Waals surface area contributed by atoms with Crippen molar-refractivity contribution < 1.29 is 0 Å². The Morgan fingerprint density at radius 3 is 0.958 bits per heavy atom. The second-order valence-electron chi connectivity index (χ2n) is 7.83. The van der Waals surface area contributed by atoms with Crippen LogP contribution in [-0.4, -0.2) is 3.23 Å². The van der Waals surface area contributed by atoms with Crippen LogP contribution in [0.5, 0.6) is 0 Å². The van der Waals surface area contributed by atoms with Crippen LogP contribution < -0.4 is 0 Å². The Balaban J connectivity index is 3.00. The van der Waals surface area contributed by atoms with E-state index < -0.39 is 0 Å². The van der Waals surface area contributed by atoms with E-state index >= 15 is 0 Å².